The lowest BCUT2D eigenvalue weighted by molar-refractivity contribution is 0.475. The first-order chi connectivity index (χ1) is 8.56. The number of halogens is 2. The summed E-state index contributed by atoms with van der Waals surface area (Å²) in [6, 6.07) is 7.76. The van der Waals surface area contributed by atoms with Crippen molar-refractivity contribution in [1.82, 2.24) is 4.98 Å². The molecule has 94 valence electrons. The van der Waals surface area contributed by atoms with Crippen molar-refractivity contribution in [2.75, 3.05) is 0 Å². The zero-order valence-corrected chi connectivity index (χ0v) is 11.5. The van der Waals surface area contributed by atoms with Crippen LogP contribution in [0.5, 0.6) is 5.75 Å². The second kappa shape index (κ2) is 5.69. The molecule has 0 saturated heterocycles. The van der Waals surface area contributed by atoms with Crippen molar-refractivity contribution >= 4 is 34.0 Å². The Hall–Kier alpha value is -1.10. The van der Waals surface area contributed by atoms with Crippen molar-refractivity contribution in [3.05, 3.63) is 52.3 Å². The summed E-state index contributed by atoms with van der Waals surface area (Å²) in [6.45, 7) is 0. The van der Waals surface area contributed by atoms with Gasteiger partial charge in [0.15, 0.2) is 0 Å². The summed E-state index contributed by atoms with van der Waals surface area (Å²) in [5.74, 6) is 0.347. The highest BCUT2D eigenvalue weighted by molar-refractivity contribution is 7.84. The van der Waals surface area contributed by atoms with Gasteiger partial charge < -0.3 is 5.11 Å². The van der Waals surface area contributed by atoms with Gasteiger partial charge in [-0.1, -0.05) is 23.2 Å². The molecule has 0 saturated carbocycles. The maximum Gasteiger partial charge on any atom is 0.115 e. The molecule has 0 aliphatic carbocycles. The van der Waals surface area contributed by atoms with E-state index in [1.165, 1.54) is 18.3 Å². The number of pyridine rings is 1. The van der Waals surface area contributed by atoms with E-state index in [2.05, 4.69) is 4.98 Å². The summed E-state index contributed by atoms with van der Waals surface area (Å²) in [4.78, 5) is 4.67. The van der Waals surface area contributed by atoms with Crippen molar-refractivity contribution in [3.63, 3.8) is 0 Å². The van der Waals surface area contributed by atoms with Crippen LogP contribution in [0.3, 0.4) is 0 Å². The van der Waals surface area contributed by atoms with Gasteiger partial charge in [0.1, 0.15) is 5.75 Å². The first kappa shape index (κ1) is 13.3. The van der Waals surface area contributed by atoms with Gasteiger partial charge in [-0.25, -0.2) is 0 Å². The average molecular weight is 302 g/mol. The van der Waals surface area contributed by atoms with Crippen LogP contribution in [0.4, 0.5) is 0 Å². The monoisotopic (exact) mass is 301 g/mol. The van der Waals surface area contributed by atoms with Crippen LogP contribution in [-0.4, -0.2) is 14.3 Å². The molecule has 6 heteroatoms. The maximum absolute atomic E-state index is 12.1. The molecular weight excluding hydrogens is 293 g/mol. The molecule has 1 atom stereocenters. The fraction of sp³-hybridized carbons (Fsp3) is 0.0833. The minimum atomic E-state index is -1.26. The first-order valence-corrected chi connectivity index (χ1v) is 7.11. The zero-order chi connectivity index (χ0) is 13.1. The summed E-state index contributed by atoms with van der Waals surface area (Å²) in [7, 11) is -1.26. The van der Waals surface area contributed by atoms with Gasteiger partial charge in [-0.2, -0.15) is 0 Å². The van der Waals surface area contributed by atoms with Gasteiger partial charge in [0.05, 0.1) is 32.3 Å². The topological polar surface area (TPSA) is 50.2 Å². The highest BCUT2D eigenvalue weighted by Crippen LogP contribution is 2.22. The Morgan fingerprint density at radius 2 is 1.89 bits per heavy atom. The second-order valence-electron chi connectivity index (χ2n) is 3.57. The highest BCUT2D eigenvalue weighted by atomic mass is 35.5. The number of phenolic OH excluding ortho intramolecular Hbond substituents is 1. The van der Waals surface area contributed by atoms with Gasteiger partial charge >= 0.3 is 0 Å². The van der Waals surface area contributed by atoms with Gasteiger partial charge in [0.25, 0.3) is 0 Å². The summed E-state index contributed by atoms with van der Waals surface area (Å²) in [6.07, 6.45) is 1.47. The molecule has 1 unspecified atom stereocenters. The van der Waals surface area contributed by atoms with Crippen molar-refractivity contribution in [2.24, 2.45) is 0 Å². The first-order valence-electron chi connectivity index (χ1n) is 5.03. The van der Waals surface area contributed by atoms with Crippen LogP contribution in [0.1, 0.15) is 5.69 Å². The van der Waals surface area contributed by atoms with Crippen LogP contribution in [0, 0.1) is 0 Å². The number of hydrogen-bond donors (Lipinski definition) is 1. The standard InChI is InChI=1S/C12H9Cl2NO2S/c13-8-5-11(14)12(15-6-8)7-18(17)10-3-1-9(16)2-4-10/h1-6,16H,7H2. The second-order valence-corrected chi connectivity index (χ2v) is 5.86. The summed E-state index contributed by atoms with van der Waals surface area (Å²) in [5.41, 5.74) is 0.535. The van der Waals surface area contributed by atoms with E-state index in [1.807, 2.05) is 0 Å². The summed E-state index contributed by atoms with van der Waals surface area (Å²) < 4.78 is 12.1. The van der Waals surface area contributed by atoms with E-state index in [0.717, 1.165) is 0 Å². The Balaban J connectivity index is 2.18. The Morgan fingerprint density at radius 3 is 2.50 bits per heavy atom. The average Bonchev–Trinajstić information content (AvgIpc) is 2.33. The molecule has 1 heterocycles. The Bertz CT molecular complexity index is 587. The molecule has 0 aliphatic rings. The van der Waals surface area contributed by atoms with E-state index in [0.29, 0.717) is 20.6 Å². The molecule has 0 radical (unpaired) electrons. The van der Waals surface area contributed by atoms with E-state index in [4.69, 9.17) is 28.3 Å². The van der Waals surface area contributed by atoms with Gasteiger partial charge in [0.2, 0.25) is 0 Å². The molecule has 18 heavy (non-hydrogen) atoms. The van der Waals surface area contributed by atoms with Crippen LogP contribution < -0.4 is 0 Å². The van der Waals surface area contributed by atoms with E-state index in [9.17, 15) is 4.21 Å². The predicted molar refractivity (Wildman–Crippen MR) is 72.5 cm³/mol. The van der Waals surface area contributed by atoms with Crippen molar-refractivity contribution in [2.45, 2.75) is 10.6 Å². The third-order valence-corrected chi connectivity index (χ3v) is 4.12. The number of nitrogens with zero attached hydrogens (tertiary/aromatic N) is 1. The number of aromatic nitrogens is 1. The van der Waals surface area contributed by atoms with Gasteiger partial charge in [-0.15, -0.1) is 0 Å². The number of rotatable bonds is 3. The van der Waals surface area contributed by atoms with Crippen molar-refractivity contribution in [1.29, 1.82) is 0 Å². The van der Waals surface area contributed by atoms with E-state index >= 15 is 0 Å². The molecule has 0 spiro atoms. The molecular formula is C12H9Cl2NO2S. The van der Waals surface area contributed by atoms with Crippen LogP contribution in [0.2, 0.25) is 10.0 Å². The SMILES string of the molecule is O=S(Cc1ncc(Cl)cc1Cl)c1ccc(O)cc1. The third kappa shape index (κ3) is 3.22. The zero-order valence-electron chi connectivity index (χ0n) is 9.14. The Morgan fingerprint density at radius 1 is 1.22 bits per heavy atom. The lowest BCUT2D eigenvalue weighted by Gasteiger charge is -2.04. The smallest absolute Gasteiger partial charge is 0.115 e. The van der Waals surface area contributed by atoms with Crippen LogP contribution >= 0.6 is 23.2 Å². The number of benzene rings is 1. The minimum Gasteiger partial charge on any atom is -0.508 e. The van der Waals surface area contributed by atoms with E-state index in [1.54, 1.807) is 18.2 Å². The Labute approximate surface area is 117 Å². The summed E-state index contributed by atoms with van der Waals surface area (Å²) in [5, 5.41) is 10.00. The quantitative estimate of drug-likeness (QED) is 0.945. The molecule has 2 aromatic rings. The Kier molecular flexibility index (Phi) is 4.22. The van der Waals surface area contributed by atoms with Crippen molar-refractivity contribution < 1.29 is 9.32 Å². The number of phenols is 1. The largest absolute Gasteiger partial charge is 0.508 e. The van der Waals surface area contributed by atoms with Gasteiger partial charge in [-0.3, -0.25) is 9.19 Å². The molecule has 1 aromatic carbocycles. The molecule has 1 aromatic heterocycles. The summed E-state index contributed by atoms with van der Waals surface area (Å²) >= 11 is 11.7. The highest BCUT2D eigenvalue weighted by Gasteiger charge is 2.10. The van der Waals surface area contributed by atoms with Crippen LogP contribution in [0.25, 0.3) is 0 Å². The minimum absolute atomic E-state index is 0.137. The molecule has 0 aliphatic heterocycles. The van der Waals surface area contributed by atoms with E-state index in [-0.39, 0.29) is 11.5 Å². The molecule has 2 rings (SSSR count). The molecule has 0 bridgehead atoms. The molecule has 0 fully saturated rings. The number of hydrogen-bond acceptors (Lipinski definition) is 3. The van der Waals surface area contributed by atoms with Gasteiger partial charge in [0, 0.05) is 11.1 Å². The normalized spacial score (nSPS) is 12.3. The van der Waals surface area contributed by atoms with Gasteiger partial charge in [-0.05, 0) is 30.3 Å². The lowest BCUT2D eigenvalue weighted by Crippen LogP contribution is -1.99. The molecule has 1 N–H and O–H groups in total. The van der Waals surface area contributed by atoms with E-state index < -0.39 is 10.8 Å². The maximum atomic E-state index is 12.1. The van der Waals surface area contributed by atoms with Crippen molar-refractivity contribution in [3.8, 4) is 5.75 Å². The van der Waals surface area contributed by atoms with Crippen LogP contribution in [-0.2, 0) is 16.6 Å². The number of aromatic hydroxyl groups is 1. The fourth-order valence-electron chi connectivity index (χ4n) is 1.35. The fourth-order valence-corrected chi connectivity index (χ4v) is 2.97. The third-order valence-electron chi connectivity index (χ3n) is 2.25. The molecule has 0 amide bonds. The predicted octanol–water partition coefficient (Wildman–Crippen LogP) is 3.40. The lowest BCUT2D eigenvalue weighted by atomic mass is 10.3. The van der Waals surface area contributed by atoms with Crippen LogP contribution in [0.15, 0.2) is 41.4 Å². The molecule has 3 nitrogen and oxygen atoms in total.